The standard InChI is InChI=1S/C36H56O4S.C30H49F3O2.CH4O/c1-25(32(24-36(38)18-9-6-10-19-36)41(39,40)27-11-7-5-8-12-27)29-15-16-30-28-14-13-26-23-33(2,37)21-22-34(26,3)31(28)17-20-35(29,30)4;1-20(11-16-28(34)13-5-4-6-14-28)23-9-10-24-22-8-7-21-19-29(35,30(31,32)33)18-17-26(21,2)25(22)12-15-27(23,24)3;1-2/h5,7-8,11-12,25-26,28-32,37-38H,6,9-10,13-24H2,1-4H3;20-25,34-35H,4-19H2,1-3H3;2H,1H3/t25-,26-,28-,29+,30-,31-,32?,33-,34-,35+;20-,21+,22+,23-,24+,25+,26+,27-,29+;/m01./s1. The van der Waals surface area contributed by atoms with Crippen LogP contribution in [-0.2, 0) is 9.84 Å². The molecule has 10 fully saturated rings. The molecule has 11 rings (SSSR count). The molecule has 0 amide bonds. The predicted molar refractivity (Wildman–Crippen MR) is 306 cm³/mol. The van der Waals surface area contributed by atoms with Gasteiger partial charge in [0.2, 0.25) is 0 Å². The molecule has 1 aromatic rings. The van der Waals surface area contributed by atoms with Crippen LogP contribution in [0.5, 0.6) is 0 Å². The van der Waals surface area contributed by atoms with Crippen LogP contribution in [0.25, 0.3) is 0 Å². The van der Waals surface area contributed by atoms with Crippen LogP contribution in [0.2, 0.25) is 0 Å². The van der Waals surface area contributed by atoms with Crippen LogP contribution < -0.4 is 0 Å². The highest BCUT2D eigenvalue weighted by molar-refractivity contribution is 7.92. The second-order valence-electron chi connectivity index (χ2n) is 30.8. The fraction of sp³-hybridized carbons (Fsp3) is 0.910. The van der Waals surface area contributed by atoms with Gasteiger partial charge in [-0.3, -0.25) is 0 Å². The Morgan fingerprint density at radius 1 is 0.538 bits per heavy atom. The Morgan fingerprint density at radius 3 is 1.55 bits per heavy atom. The minimum atomic E-state index is -4.52. The third-order valence-corrected chi connectivity index (χ3v) is 29.3. The van der Waals surface area contributed by atoms with E-state index in [2.05, 4.69) is 41.5 Å². The summed E-state index contributed by atoms with van der Waals surface area (Å²) in [6.07, 6.45) is 25.4. The number of alkyl halides is 3. The molecule has 0 bridgehead atoms. The lowest BCUT2D eigenvalue weighted by atomic mass is 9.43. The second-order valence-corrected chi connectivity index (χ2v) is 32.9. The molecule has 0 heterocycles. The minimum absolute atomic E-state index is 0.00871. The van der Waals surface area contributed by atoms with E-state index in [1.165, 1.54) is 57.8 Å². The van der Waals surface area contributed by atoms with Gasteiger partial charge in [-0.25, -0.2) is 8.42 Å². The number of halogens is 3. The number of hydrogen-bond donors (Lipinski definition) is 5. The zero-order valence-corrected chi connectivity index (χ0v) is 50.7. The summed E-state index contributed by atoms with van der Waals surface area (Å²) in [6, 6.07) is 9.06. The van der Waals surface area contributed by atoms with Crippen molar-refractivity contribution in [1.82, 2.24) is 0 Å². The molecule has 78 heavy (non-hydrogen) atoms. The van der Waals surface area contributed by atoms with Gasteiger partial charge in [0.05, 0.1) is 26.9 Å². The molecule has 0 saturated heterocycles. The Kier molecular flexibility index (Phi) is 17.8. The molecule has 11 heteroatoms. The number of hydrogen-bond acceptors (Lipinski definition) is 7. The SMILES string of the molecule is CO.C[C@H](C(CC1(O)CCCCC1)S(=O)(=O)c1ccccc1)[C@H]1CC[C@H]2[C@@H]3CC[C@H]4C[C@@](C)(O)CC[C@]4(C)[C@H]3CC[C@]12C.C[C@H](CCC1(O)CCCCC1)[C@H]1CC[C@H]2[C@@H]3CC[C@H]4C[C@](O)(C(F)(F)F)CC[C@]4(C)[C@H]3CC[C@]12C. The van der Waals surface area contributed by atoms with Crippen molar-refractivity contribution in [2.75, 3.05) is 7.11 Å². The first-order chi connectivity index (χ1) is 36.6. The highest BCUT2D eigenvalue weighted by atomic mass is 32.2. The van der Waals surface area contributed by atoms with Gasteiger partial charge in [-0.15, -0.1) is 0 Å². The van der Waals surface area contributed by atoms with E-state index in [4.69, 9.17) is 5.11 Å². The van der Waals surface area contributed by atoms with E-state index in [1.54, 1.807) is 12.1 Å². The average molecular weight is 1120 g/mol. The highest BCUT2D eigenvalue weighted by Gasteiger charge is 2.66. The van der Waals surface area contributed by atoms with E-state index in [9.17, 15) is 42.0 Å². The molecule has 10 aliphatic carbocycles. The van der Waals surface area contributed by atoms with Crippen molar-refractivity contribution in [2.45, 2.75) is 286 Å². The van der Waals surface area contributed by atoms with E-state index in [0.717, 1.165) is 135 Å². The normalized spacial score (nSPS) is 44.9. The molecule has 0 radical (unpaired) electrons. The number of aliphatic hydroxyl groups is 5. The fourth-order valence-electron chi connectivity index (χ4n) is 22.4. The van der Waals surface area contributed by atoms with Crippen molar-refractivity contribution >= 4 is 9.84 Å². The molecule has 7 nitrogen and oxygen atoms in total. The van der Waals surface area contributed by atoms with Gasteiger partial charge < -0.3 is 25.5 Å². The summed E-state index contributed by atoms with van der Waals surface area (Å²) < 4.78 is 69.6. The van der Waals surface area contributed by atoms with Crippen molar-refractivity contribution in [3.05, 3.63) is 30.3 Å². The largest absolute Gasteiger partial charge is 0.417 e. The van der Waals surface area contributed by atoms with Crippen molar-refractivity contribution < 1.29 is 47.1 Å². The summed E-state index contributed by atoms with van der Waals surface area (Å²) in [5.74, 6) is 6.25. The van der Waals surface area contributed by atoms with Crippen molar-refractivity contribution in [2.24, 2.45) is 92.7 Å². The molecule has 0 aliphatic heterocycles. The van der Waals surface area contributed by atoms with Crippen LogP contribution in [0.4, 0.5) is 13.2 Å². The highest BCUT2D eigenvalue weighted by Crippen LogP contribution is 2.71. The molecule has 446 valence electrons. The number of fused-ring (bicyclic) bond motifs is 10. The third-order valence-electron chi connectivity index (χ3n) is 26.9. The Hall–Kier alpha value is -1.24. The Bertz CT molecular complexity index is 2280. The van der Waals surface area contributed by atoms with E-state index >= 15 is 0 Å². The molecule has 10 aliphatic rings. The number of rotatable bonds is 10. The van der Waals surface area contributed by atoms with E-state index in [0.29, 0.717) is 75.9 Å². The maximum absolute atomic E-state index is 14.4. The van der Waals surface area contributed by atoms with Crippen molar-refractivity contribution in [3.63, 3.8) is 0 Å². The molecule has 10 saturated carbocycles. The Morgan fingerprint density at radius 2 is 1.01 bits per heavy atom. The van der Waals surface area contributed by atoms with Gasteiger partial charge in [0.1, 0.15) is 0 Å². The smallest absolute Gasteiger partial charge is 0.400 e. The molecule has 1 aromatic carbocycles. The maximum atomic E-state index is 14.4. The first kappa shape index (κ1) is 61.3. The van der Waals surface area contributed by atoms with Gasteiger partial charge in [-0.05, 0) is 272 Å². The number of sulfone groups is 1. The summed E-state index contributed by atoms with van der Waals surface area (Å²) in [7, 11) is -2.58. The first-order valence-electron chi connectivity index (χ1n) is 32.3. The number of benzene rings is 1. The lowest BCUT2D eigenvalue weighted by Gasteiger charge is -2.62. The van der Waals surface area contributed by atoms with Gasteiger partial charge in [0.25, 0.3) is 0 Å². The van der Waals surface area contributed by atoms with Crippen LogP contribution in [0.15, 0.2) is 35.2 Å². The van der Waals surface area contributed by atoms with Crippen LogP contribution in [0.1, 0.15) is 248 Å². The molecular weight excluding hydrogens is 1010 g/mol. The van der Waals surface area contributed by atoms with Crippen LogP contribution >= 0.6 is 0 Å². The van der Waals surface area contributed by atoms with Gasteiger partial charge in [-0.2, -0.15) is 13.2 Å². The van der Waals surface area contributed by atoms with Crippen LogP contribution in [-0.4, -0.2) is 74.9 Å². The monoisotopic (exact) mass is 1110 g/mol. The topological polar surface area (TPSA) is 135 Å². The van der Waals surface area contributed by atoms with Crippen molar-refractivity contribution in [3.8, 4) is 0 Å². The van der Waals surface area contributed by atoms with Crippen LogP contribution in [0.3, 0.4) is 0 Å². The lowest BCUT2D eigenvalue weighted by Crippen LogP contribution is -2.59. The maximum Gasteiger partial charge on any atom is 0.417 e. The second kappa shape index (κ2) is 22.6. The van der Waals surface area contributed by atoms with Crippen molar-refractivity contribution in [1.29, 1.82) is 0 Å². The zero-order chi connectivity index (χ0) is 56.5. The third kappa shape index (κ3) is 11.2. The predicted octanol–water partition coefficient (Wildman–Crippen LogP) is 15.6. The zero-order valence-electron chi connectivity index (χ0n) is 49.9. The van der Waals surface area contributed by atoms with Gasteiger partial charge in [-0.1, -0.05) is 98.3 Å². The van der Waals surface area contributed by atoms with Gasteiger partial charge >= 0.3 is 6.18 Å². The summed E-state index contributed by atoms with van der Waals surface area (Å²) >= 11 is 0. The first-order valence-corrected chi connectivity index (χ1v) is 33.9. The van der Waals surface area contributed by atoms with Gasteiger partial charge in [0, 0.05) is 7.11 Å². The Labute approximate surface area is 471 Å². The number of aliphatic hydroxyl groups excluding tert-OH is 1. The van der Waals surface area contributed by atoms with E-state index in [1.807, 2.05) is 25.1 Å². The quantitative estimate of drug-likeness (QED) is 0.157. The summed E-state index contributed by atoms with van der Waals surface area (Å²) in [5.41, 5.74) is -3.53. The average Bonchev–Trinajstić information content (AvgIpc) is 4.16. The molecule has 5 N–H and O–H groups in total. The summed E-state index contributed by atoms with van der Waals surface area (Å²) in [5, 5.41) is 50.5. The van der Waals surface area contributed by atoms with E-state index in [-0.39, 0.29) is 35.5 Å². The van der Waals surface area contributed by atoms with Crippen LogP contribution in [0, 0.1) is 92.7 Å². The molecule has 0 spiro atoms. The Balaban J connectivity index is 0.000000186. The molecule has 1 unspecified atom stereocenters. The molecule has 0 aromatic heterocycles. The lowest BCUT2D eigenvalue weighted by molar-refractivity contribution is -0.290. The molecule has 19 atom stereocenters. The minimum Gasteiger partial charge on any atom is -0.400 e. The summed E-state index contributed by atoms with van der Waals surface area (Å²) in [4.78, 5) is 0.416. The van der Waals surface area contributed by atoms with Gasteiger partial charge in [0.15, 0.2) is 15.4 Å². The van der Waals surface area contributed by atoms with E-state index < -0.39 is 43.7 Å². The summed E-state index contributed by atoms with van der Waals surface area (Å²) in [6.45, 7) is 16.6. The fourth-order valence-corrected chi connectivity index (χ4v) is 24.6. The molecular formula is C67H109F3O7S.